The number of ether oxygens (including phenoxy) is 1. The number of aromatic amines is 1. The van der Waals surface area contributed by atoms with E-state index < -0.39 is 0 Å². The number of nitrogens with two attached hydrogens (primary N) is 1. The summed E-state index contributed by atoms with van der Waals surface area (Å²) >= 11 is 0. The maximum atomic E-state index is 5.90. The summed E-state index contributed by atoms with van der Waals surface area (Å²) in [7, 11) is 0. The summed E-state index contributed by atoms with van der Waals surface area (Å²) in [6.45, 7) is 1.29. The van der Waals surface area contributed by atoms with Gasteiger partial charge in [0.25, 0.3) is 0 Å². The molecule has 0 saturated carbocycles. The van der Waals surface area contributed by atoms with Gasteiger partial charge in [-0.25, -0.2) is 0 Å². The van der Waals surface area contributed by atoms with Gasteiger partial charge in [-0.2, -0.15) is 20.1 Å². The lowest BCUT2D eigenvalue weighted by molar-refractivity contribution is 0.334. The first-order chi connectivity index (χ1) is 13.3. The molecule has 0 bridgehead atoms. The lowest BCUT2D eigenvalue weighted by Crippen LogP contribution is -2.16. The highest BCUT2D eigenvalue weighted by atomic mass is 16.5. The van der Waals surface area contributed by atoms with Crippen molar-refractivity contribution in [2.45, 2.75) is 5.92 Å². The molecule has 4 N–H and O–H groups in total. The van der Waals surface area contributed by atoms with E-state index in [9.17, 15) is 0 Å². The van der Waals surface area contributed by atoms with Gasteiger partial charge in [-0.05, 0) is 12.1 Å². The number of fused-ring (bicyclic) bond motifs is 2. The summed E-state index contributed by atoms with van der Waals surface area (Å²) in [4.78, 5) is 13.0. The van der Waals surface area contributed by atoms with Gasteiger partial charge in [0, 0.05) is 29.0 Å². The highest BCUT2D eigenvalue weighted by Crippen LogP contribution is 2.33. The second-order valence-electron chi connectivity index (χ2n) is 6.44. The number of benzene rings is 2. The molecule has 0 aliphatic carbocycles. The Hall–Kier alpha value is -3.68. The number of hydrogen-bond acceptors (Lipinski definition) is 7. The number of rotatable bonds is 4. The molecule has 1 aliphatic heterocycles. The van der Waals surface area contributed by atoms with E-state index in [-0.39, 0.29) is 11.9 Å². The van der Waals surface area contributed by atoms with Gasteiger partial charge >= 0.3 is 0 Å². The zero-order valence-corrected chi connectivity index (χ0v) is 14.4. The van der Waals surface area contributed by atoms with Crippen LogP contribution in [-0.4, -0.2) is 38.3 Å². The molecule has 0 fully saturated rings. The number of H-pyrrole nitrogens is 1. The molecular weight excluding hydrogens is 342 g/mol. The molecule has 3 heterocycles. The maximum absolute atomic E-state index is 5.90. The Balaban J connectivity index is 1.39. The molecule has 0 radical (unpaired) electrons. The van der Waals surface area contributed by atoms with Crippen molar-refractivity contribution in [3.8, 4) is 17.1 Å². The lowest BCUT2D eigenvalue weighted by Gasteiger charge is -2.11. The Kier molecular flexibility index (Phi) is 3.60. The van der Waals surface area contributed by atoms with Gasteiger partial charge in [0.2, 0.25) is 11.9 Å². The van der Waals surface area contributed by atoms with Crippen LogP contribution in [0.4, 0.5) is 11.9 Å². The fraction of sp³-hybridized carbons (Fsp3) is 0.158. The minimum Gasteiger partial charge on any atom is -0.493 e. The highest BCUT2D eigenvalue weighted by molar-refractivity contribution is 5.82. The minimum absolute atomic E-state index is 0.176. The summed E-state index contributed by atoms with van der Waals surface area (Å²) in [5, 5.41) is 11.3. The van der Waals surface area contributed by atoms with Crippen LogP contribution < -0.4 is 15.8 Å². The van der Waals surface area contributed by atoms with E-state index in [0.717, 1.165) is 22.2 Å². The quantitative estimate of drug-likeness (QED) is 0.513. The van der Waals surface area contributed by atoms with Crippen LogP contribution in [0.15, 0.2) is 48.7 Å². The number of anilines is 2. The van der Waals surface area contributed by atoms with Crippen molar-refractivity contribution in [3.05, 3.63) is 54.2 Å². The SMILES string of the molecule is Nc1nc(NCC2COc3ccccc32)nc(-c2ccc3cn[nH]c3c2)n1. The van der Waals surface area contributed by atoms with E-state index in [1.165, 1.54) is 5.56 Å². The van der Waals surface area contributed by atoms with Crippen molar-refractivity contribution in [2.24, 2.45) is 0 Å². The monoisotopic (exact) mass is 359 g/mol. The number of nitrogens with zero attached hydrogens (tertiary/aromatic N) is 4. The molecule has 0 amide bonds. The molecule has 134 valence electrons. The molecule has 1 unspecified atom stereocenters. The van der Waals surface area contributed by atoms with Gasteiger partial charge in [0.05, 0.1) is 18.3 Å². The van der Waals surface area contributed by atoms with Gasteiger partial charge in [0.1, 0.15) is 5.75 Å². The first-order valence-corrected chi connectivity index (χ1v) is 8.67. The first-order valence-electron chi connectivity index (χ1n) is 8.67. The van der Waals surface area contributed by atoms with E-state index in [1.54, 1.807) is 6.20 Å². The van der Waals surface area contributed by atoms with Crippen LogP contribution in [0, 0.1) is 0 Å². The zero-order valence-electron chi connectivity index (χ0n) is 14.4. The summed E-state index contributed by atoms with van der Waals surface area (Å²) in [5.41, 5.74) is 8.86. The Bertz CT molecular complexity index is 1120. The summed E-state index contributed by atoms with van der Waals surface area (Å²) in [6.07, 6.45) is 1.77. The summed E-state index contributed by atoms with van der Waals surface area (Å²) < 4.78 is 5.72. The maximum Gasteiger partial charge on any atom is 0.228 e. The average Bonchev–Trinajstić information content (AvgIpc) is 3.32. The molecule has 2 aromatic carbocycles. The van der Waals surface area contributed by atoms with E-state index in [1.807, 2.05) is 36.4 Å². The van der Waals surface area contributed by atoms with Crippen LogP contribution in [0.25, 0.3) is 22.3 Å². The molecule has 0 saturated heterocycles. The molecule has 1 atom stereocenters. The molecule has 1 aliphatic rings. The van der Waals surface area contributed by atoms with Gasteiger partial charge < -0.3 is 15.8 Å². The molecular formula is C19H17N7O. The Morgan fingerprint density at radius 2 is 2.07 bits per heavy atom. The van der Waals surface area contributed by atoms with Gasteiger partial charge in [0.15, 0.2) is 5.82 Å². The van der Waals surface area contributed by atoms with Crippen LogP contribution in [0.5, 0.6) is 5.75 Å². The normalized spacial score (nSPS) is 15.5. The predicted molar refractivity (Wildman–Crippen MR) is 102 cm³/mol. The second kappa shape index (κ2) is 6.24. The van der Waals surface area contributed by atoms with Crippen molar-refractivity contribution >= 4 is 22.8 Å². The molecule has 8 heteroatoms. The Labute approximate surface area is 154 Å². The summed E-state index contributed by atoms with van der Waals surface area (Å²) in [6, 6.07) is 13.9. The summed E-state index contributed by atoms with van der Waals surface area (Å²) in [5.74, 6) is 2.32. The second-order valence-corrected chi connectivity index (χ2v) is 6.44. The smallest absolute Gasteiger partial charge is 0.228 e. The number of hydrogen-bond donors (Lipinski definition) is 3. The van der Waals surface area contributed by atoms with Crippen LogP contribution in [0.3, 0.4) is 0 Å². The van der Waals surface area contributed by atoms with E-state index in [2.05, 4.69) is 36.5 Å². The largest absolute Gasteiger partial charge is 0.493 e. The number of para-hydroxylation sites is 1. The molecule has 27 heavy (non-hydrogen) atoms. The van der Waals surface area contributed by atoms with E-state index in [0.29, 0.717) is 24.9 Å². The van der Waals surface area contributed by atoms with Gasteiger partial charge in [-0.1, -0.05) is 30.3 Å². The van der Waals surface area contributed by atoms with Crippen LogP contribution >= 0.6 is 0 Å². The average molecular weight is 359 g/mol. The fourth-order valence-corrected chi connectivity index (χ4v) is 3.29. The molecule has 8 nitrogen and oxygen atoms in total. The third-order valence-corrected chi connectivity index (χ3v) is 4.66. The van der Waals surface area contributed by atoms with Crippen molar-refractivity contribution in [3.63, 3.8) is 0 Å². The number of nitrogen functional groups attached to an aromatic ring is 1. The molecule has 4 aromatic rings. The molecule has 2 aromatic heterocycles. The minimum atomic E-state index is 0.176. The molecule has 5 rings (SSSR count). The first kappa shape index (κ1) is 15.6. The van der Waals surface area contributed by atoms with Crippen LogP contribution in [0.1, 0.15) is 11.5 Å². The van der Waals surface area contributed by atoms with Gasteiger partial charge in [-0.15, -0.1) is 0 Å². The standard InChI is InChI=1S/C19H17N7O/c20-18-23-17(11-5-6-12-9-22-26-15(12)7-11)24-19(25-18)21-8-13-10-27-16-4-2-1-3-14(13)16/h1-7,9,13H,8,10H2,(H,22,26)(H3,20,21,23,24,25). The van der Waals surface area contributed by atoms with Crippen molar-refractivity contribution in [2.75, 3.05) is 24.2 Å². The van der Waals surface area contributed by atoms with Crippen molar-refractivity contribution < 1.29 is 4.74 Å². The van der Waals surface area contributed by atoms with E-state index >= 15 is 0 Å². The van der Waals surface area contributed by atoms with Crippen molar-refractivity contribution in [1.82, 2.24) is 25.1 Å². The van der Waals surface area contributed by atoms with Crippen molar-refractivity contribution in [1.29, 1.82) is 0 Å². The van der Waals surface area contributed by atoms with Crippen LogP contribution in [-0.2, 0) is 0 Å². The predicted octanol–water partition coefficient (Wildman–Crippen LogP) is 2.59. The number of nitrogens with one attached hydrogen (secondary N) is 2. The third kappa shape index (κ3) is 2.91. The Morgan fingerprint density at radius 1 is 1.15 bits per heavy atom. The highest BCUT2D eigenvalue weighted by Gasteiger charge is 2.23. The Morgan fingerprint density at radius 3 is 3.04 bits per heavy atom. The number of aromatic nitrogens is 5. The van der Waals surface area contributed by atoms with Crippen LogP contribution in [0.2, 0.25) is 0 Å². The zero-order chi connectivity index (χ0) is 18.2. The fourth-order valence-electron chi connectivity index (χ4n) is 3.29. The topological polar surface area (TPSA) is 115 Å². The third-order valence-electron chi connectivity index (χ3n) is 4.66. The van der Waals surface area contributed by atoms with E-state index in [4.69, 9.17) is 10.5 Å². The lowest BCUT2D eigenvalue weighted by atomic mass is 10.0. The van der Waals surface area contributed by atoms with Gasteiger partial charge in [-0.3, -0.25) is 5.10 Å². The molecule has 0 spiro atoms.